The molecule has 1 nitrogen and oxygen atoms in total. The first-order valence-electron chi connectivity index (χ1n) is 4.00. The minimum absolute atomic E-state index is 1.05. The molecule has 0 aliphatic carbocycles. The van der Waals surface area contributed by atoms with Crippen LogP contribution >= 0.6 is 0 Å². The highest BCUT2D eigenvalue weighted by Crippen LogP contribution is 2.16. The quantitative estimate of drug-likeness (QED) is 0.502. The Hall–Kier alpha value is -0.850. The van der Waals surface area contributed by atoms with E-state index in [0.717, 1.165) is 12.1 Å². The maximum Gasteiger partial charge on any atom is 0.0401 e. The van der Waals surface area contributed by atoms with Gasteiger partial charge in [-0.1, -0.05) is 6.08 Å². The zero-order chi connectivity index (χ0) is 8.43. The van der Waals surface area contributed by atoms with Gasteiger partial charge in [0.1, 0.15) is 0 Å². The highest BCUT2D eigenvalue weighted by atomic mass is 14.8. The van der Waals surface area contributed by atoms with E-state index in [1.165, 1.54) is 16.8 Å². The summed E-state index contributed by atoms with van der Waals surface area (Å²) in [4.78, 5) is 4.47. The monoisotopic (exact) mass is 149 g/mol. The summed E-state index contributed by atoms with van der Waals surface area (Å²) in [5.74, 6) is 0. The lowest BCUT2D eigenvalue weighted by atomic mass is 10.1. The van der Waals surface area contributed by atoms with E-state index < -0.39 is 0 Å². The second-order valence-corrected chi connectivity index (χ2v) is 3.15. The van der Waals surface area contributed by atoms with Gasteiger partial charge in [0.25, 0.3) is 0 Å². The van der Waals surface area contributed by atoms with Gasteiger partial charge in [-0.25, -0.2) is 0 Å². The van der Waals surface area contributed by atoms with Crippen molar-refractivity contribution in [2.45, 2.75) is 34.1 Å². The number of hydrogen-bond acceptors (Lipinski definition) is 1. The number of nitrogens with zero attached hydrogens (tertiary/aromatic N) is 1. The van der Waals surface area contributed by atoms with Gasteiger partial charge < -0.3 is 0 Å². The van der Waals surface area contributed by atoms with Crippen LogP contribution in [0.5, 0.6) is 0 Å². The molecule has 60 valence electrons. The number of aliphatic imine (C=N–C) groups is 1. The molecular weight excluding hydrogens is 134 g/mol. The van der Waals surface area contributed by atoms with Gasteiger partial charge in [0.2, 0.25) is 0 Å². The number of allylic oxidation sites excluding steroid dienone is 4. The Morgan fingerprint density at radius 1 is 1.18 bits per heavy atom. The molecule has 1 heteroatoms. The van der Waals surface area contributed by atoms with E-state index >= 15 is 0 Å². The van der Waals surface area contributed by atoms with Crippen molar-refractivity contribution < 1.29 is 0 Å². The minimum atomic E-state index is 1.05. The summed E-state index contributed by atoms with van der Waals surface area (Å²) in [6, 6.07) is 0. The maximum absolute atomic E-state index is 4.47. The summed E-state index contributed by atoms with van der Waals surface area (Å²) < 4.78 is 0. The van der Waals surface area contributed by atoms with Gasteiger partial charge in [-0.15, -0.1) is 0 Å². The van der Waals surface area contributed by atoms with Crippen LogP contribution in [0.3, 0.4) is 0 Å². The second-order valence-electron chi connectivity index (χ2n) is 3.15. The molecule has 0 saturated heterocycles. The Balaban J connectivity index is 3.04. The van der Waals surface area contributed by atoms with E-state index in [9.17, 15) is 0 Å². The molecule has 0 fully saturated rings. The summed E-state index contributed by atoms with van der Waals surface area (Å²) in [6.45, 7) is 8.39. The van der Waals surface area contributed by atoms with Gasteiger partial charge in [-0.2, -0.15) is 0 Å². The third-order valence-corrected chi connectivity index (χ3v) is 2.24. The molecule has 0 saturated carbocycles. The maximum atomic E-state index is 4.47. The first-order chi connectivity index (χ1) is 5.11. The van der Waals surface area contributed by atoms with Gasteiger partial charge in [0.05, 0.1) is 0 Å². The topological polar surface area (TPSA) is 12.4 Å². The van der Waals surface area contributed by atoms with Crippen LogP contribution in [-0.4, -0.2) is 5.71 Å². The minimum Gasteiger partial charge on any atom is -0.258 e. The predicted molar refractivity (Wildman–Crippen MR) is 49.9 cm³/mol. The van der Waals surface area contributed by atoms with Crippen molar-refractivity contribution in [1.29, 1.82) is 0 Å². The largest absolute Gasteiger partial charge is 0.258 e. The van der Waals surface area contributed by atoms with E-state index in [4.69, 9.17) is 0 Å². The van der Waals surface area contributed by atoms with Crippen LogP contribution in [0.4, 0.5) is 0 Å². The van der Waals surface area contributed by atoms with Gasteiger partial charge in [0.15, 0.2) is 0 Å². The fourth-order valence-electron chi connectivity index (χ4n) is 1.04. The molecule has 0 spiro atoms. The van der Waals surface area contributed by atoms with Crippen molar-refractivity contribution in [3.05, 3.63) is 22.9 Å². The molecule has 0 radical (unpaired) electrons. The van der Waals surface area contributed by atoms with Gasteiger partial charge in [0, 0.05) is 11.4 Å². The van der Waals surface area contributed by atoms with Crippen LogP contribution in [-0.2, 0) is 0 Å². The van der Waals surface area contributed by atoms with E-state index in [0.29, 0.717) is 0 Å². The summed E-state index contributed by atoms with van der Waals surface area (Å²) >= 11 is 0. The molecule has 1 aliphatic heterocycles. The van der Waals surface area contributed by atoms with Crippen molar-refractivity contribution in [2.75, 3.05) is 0 Å². The first kappa shape index (κ1) is 8.25. The fourth-order valence-corrected chi connectivity index (χ4v) is 1.04. The highest BCUT2D eigenvalue weighted by Gasteiger charge is 2.02. The fraction of sp³-hybridized carbons (Fsp3) is 0.500. The molecule has 0 bridgehead atoms. The van der Waals surface area contributed by atoms with Gasteiger partial charge >= 0.3 is 0 Å². The lowest BCUT2D eigenvalue weighted by Crippen LogP contribution is -1.91. The van der Waals surface area contributed by atoms with Crippen molar-refractivity contribution >= 4 is 5.71 Å². The Kier molecular flexibility index (Phi) is 2.28. The highest BCUT2D eigenvalue weighted by molar-refractivity contribution is 5.98. The van der Waals surface area contributed by atoms with Crippen LogP contribution in [0.1, 0.15) is 34.1 Å². The molecule has 0 unspecified atom stereocenters. The van der Waals surface area contributed by atoms with Crippen molar-refractivity contribution in [1.82, 2.24) is 0 Å². The summed E-state index contributed by atoms with van der Waals surface area (Å²) in [6.07, 6.45) is 3.29. The molecule has 0 atom stereocenters. The second kappa shape index (κ2) is 3.04. The van der Waals surface area contributed by atoms with Gasteiger partial charge in [-0.3, -0.25) is 4.99 Å². The van der Waals surface area contributed by atoms with Crippen LogP contribution in [0.2, 0.25) is 0 Å². The Morgan fingerprint density at radius 3 is 2.45 bits per heavy atom. The molecule has 1 aliphatic rings. The van der Waals surface area contributed by atoms with Crippen molar-refractivity contribution in [3.63, 3.8) is 0 Å². The van der Waals surface area contributed by atoms with E-state index in [1.54, 1.807) is 0 Å². The zero-order valence-corrected chi connectivity index (χ0v) is 7.73. The molecule has 0 N–H and O–H groups in total. The summed E-state index contributed by atoms with van der Waals surface area (Å²) in [7, 11) is 0. The molecule has 0 aromatic heterocycles. The van der Waals surface area contributed by atoms with E-state index in [-0.39, 0.29) is 0 Å². The molecule has 11 heavy (non-hydrogen) atoms. The third kappa shape index (κ3) is 1.79. The average molecular weight is 149 g/mol. The van der Waals surface area contributed by atoms with E-state index in [2.05, 4.69) is 38.8 Å². The number of rotatable bonds is 0. The zero-order valence-electron chi connectivity index (χ0n) is 7.73. The Morgan fingerprint density at radius 2 is 1.82 bits per heavy atom. The molecule has 1 rings (SSSR count). The Bertz CT molecular complexity index is 254. The third-order valence-electron chi connectivity index (χ3n) is 2.24. The lowest BCUT2D eigenvalue weighted by Gasteiger charge is -1.97. The average Bonchev–Trinajstić information content (AvgIpc) is 2.05. The summed E-state index contributed by atoms with van der Waals surface area (Å²) in [5.41, 5.74) is 5.01. The molecular formula is C10H15N. The lowest BCUT2D eigenvalue weighted by molar-refractivity contribution is 1.12. The van der Waals surface area contributed by atoms with Crippen molar-refractivity contribution in [2.24, 2.45) is 4.99 Å². The smallest absolute Gasteiger partial charge is 0.0401 e. The molecule has 1 heterocycles. The molecule has 0 amide bonds. The Labute approximate surface area is 68.5 Å². The van der Waals surface area contributed by atoms with Crippen molar-refractivity contribution in [3.8, 4) is 0 Å². The number of hydrogen-bond donors (Lipinski definition) is 0. The van der Waals surface area contributed by atoms with Gasteiger partial charge in [-0.05, 0) is 45.3 Å². The first-order valence-corrected chi connectivity index (χ1v) is 4.00. The van der Waals surface area contributed by atoms with E-state index in [1.807, 2.05) is 0 Å². The molecule has 0 aromatic carbocycles. The molecule has 0 aromatic rings. The van der Waals surface area contributed by atoms with Crippen LogP contribution in [0.15, 0.2) is 27.9 Å². The normalized spacial score (nSPS) is 19.3. The van der Waals surface area contributed by atoms with Crippen LogP contribution in [0.25, 0.3) is 0 Å². The SMILES string of the molecule is CC1=CCC(C)=C(C)N=C1C. The van der Waals surface area contributed by atoms with Crippen LogP contribution < -0.4 is 0 Å². The van der Waals surface area contributed by atoms with Crippen LogP contribution in [0, 0.1) is 0 Å². The predicted octanol–water partition coefficient (Wildman–Crippen LogP) is 3.09. The standard InChI is InChI=1S/C10H15N/c1-7-5-6-8(2)10(4)11-9(7)3/h5H,6H2,1-4H3. The summed E-state index contributed by atoms with van der Waals surface area (Å²) in [5, 5.41) is 0.